The molecule has 31 heavy (non-hydrogen) atoms. The second-order valence-electron chi connectivity index (χ2n) is 7.07. The first kappa shape index (κ1) is 22.6. The average molecular weight is 449 g/mol. The second kappa shape index (κ2) is 8.55. The van der Waals surface area contributed by atoms with E-state index in [0.717, 1.165) is 4.57 Å². The van der Waals surface area contributed by atoms with Crippen molar-refractivity contribution in [2.75, 3.05) is 6.54 Å². The van der Waals surface area contributed by atoms with Crippen LogP contribution in [-0.4, -0.2) is 44.1 Å². The summed E-state index contributed by atoms with van der Waals surface area (Å²) in [5.41, 5.74) is -0.237. The maximum atomic E-state index is 14.0. The molecule has 2 heterocycles. The second-order valence-corrected chi connectivity index (χ2v) is 7.07. The topological polar surface area (TPSA) is 80.1 Å². The van der Waals surface area contributed by atoms with Crippen molar-refractivity contribution in [1.82, 2.24) is 25.0 Å². The predicted molar refractivity (Wildman–Crippen MR) is 92.7 cm³/mol. The number of rotatable bonds is 5. The molecular weight excluding hydrogens is 432 g/mol. The van der Waals surface area contributed by atoms with E-state index in [-0.39, 0.29) is 43.9 Å². The van der Waals surface area contributed by atoms with Gasteiger partial charge in [-0.05, 0) is 18.1 Å². The van der Waals surface area contributed by atoms with Gasteiger partial charge in [-0.2, -0.15) is 13.2 Å². The van der Waals surface area contributed by atoms with Crippen LogP contribution in [0.1, 0.15) is 30.6 Å². The third kappa shape index (κ3) is 5.14. The quantitative estimate of drug-likeness (QED) is 0.561. The molecule has 1 N–H and O–H groups in total. The highest BCUT2D eigenvalue weighted by molar-refractivity contribution is 5.79. The molecule has 3 rings (SSSR count). The van der Waals surface area contributed by atoms with Gasteiger partial charge in [-0.25, -0.2) is 13.2 Å². The lowest BCUT2D eigenvalue weighted by Crippen LogP contribution is -2.44. The van der Waals surface area contributed by atoms with Gasteiger partial charge in [-0.15, -0.1) is 10.2 Å². The molecule has 2 aromatic rings. The Morgan fingerprint density at radius 2 is 1.77 bits per heavy atom. The van der Waals surface area contributed by atoms with Crippen molar-refractivity contribution < 1.29 is 35.9 Å². The lowest BCUT2D eigenvalue weighted by atomic mass is 10.0. The molecule has 0 spiro atoms. The molecule has 0 unspecified atom stereocenters. The van der Waals surface area contributed by atoms with Crippen molar-refractivity contribution in [3.63, 3.8) is 0 Å². The van der Waals surface area contributed by atoms with Crippen LogP contribution in [0, 0.1) is 17.5 Å². The molecule has 13 heteroatoms. The number of alkyl halides is 3. The number of benzene rings is 1. The van der Waals surface area contributed by atoms with Crippen molar-refractivity contribution in [3.8, 4) is 0 Å². The minimum absolute atomic E-state index is 0.0466. The molecule has 0 saturated carbocycles. The Morgan fingerprint density at radius 3 is 2.42 bits per heavy atom. The Labute approximate surface area is 172 Å². The maximum Gasteiger partial charge on any atom is 0.451 e. The van der Waals surface area contributed by atoms with E-state index in [4.69, 9.17) is 0 Å². The molecule has 2 amide bonds. The number of carbonyl (C=O) groups excluding carboxylic acids is 2. The number of nitrogens with one attached hydrogen (secondary N) is 1. The zero-order valence-electron chi connectivity index (χ0n) is 16.1. The number of nitrogens with zero attached hydrogens (tertiary/aromatic N) is 4. The van der Waals surface area contributed by atoms with E-state index in [0.29, 0.717) is 12.1 Å². The maximum absolute atomic E-state index is 14.0. The summed E-state index contributed by atoms with van der Waals surface area (Å²) in [7, 11) is 0. The van der Waals surface area contributed by atoms with Gasteiger partial charge in [0.2, 0.25) is 17.6 Å². The predicted octanol–water partition coefficient (Wildman–Crippen LogP) is 2.19. The van der Waals surface area contributed by atoms with Crippen molar-refractivity contribution in [2.45, 2.75) is 45.1 Å². The van der Waals surface area contributed by atoms with Crippen LogP contribution >= 0.6 is 0 Å². The van der Waals surface area contributed by atoms with E-state index in [1.165, 1.54) is 11.8 Å². The Balaban J connectivity index is 1.72. The molecule has 0 saturated heterocycles. The van der Waals surface area contributed by atoms with E-state index in [9.17, 15) is 35.9 Å². The zero-order valence-corrected chi connectivity index (χ0v) is 16.1. The summed E-state index contributed by atoms with van der Waals surface area (Å²) in [6.07, 6.45) is -5.31. The van der Waals surface area contributed by atoms with Gasteiger partial charge in [0, 0.05) is 38.5 Å². The summed E-state index contributed by atoms with van der Waals surface area (Å²) >= 11 is 0. The zero-order chi connectivity index (χ0) is 22.9. The smallest absolute Gasteiger partial charge is 0.353 e. The molecule has 168 valence electrons. The minimum atomic E-state index is -4.68. The SMILES string of the molecule is CC(=O)N[C@H](CC(=O)N1CCn2c(nnc2C(F)(F)F)C1)Cc1cc(F)c(F)cc1F. The molecule has 0 fully saturated rings. The molecule has 1 atom stereocenters. The van der Waals surface area contributed by atoms with Gasteiger partial charge >= 0.3 is 6.18 Å². The van der Waals surface area contributed by atoms with Gasteiger partial charge in [0.15, 0.2) is 17.5 Å². The van der Waals surface area contributed by atoms with Gasteiger partial charge in [0.1, 0.15) is 5.82 Å². The monoisotopic (exact) mass is 449 g/mol. The van der Waals surface area contributed by atoms with Gasteiger partial charge in [-0.3, -0.25) is 9.59 Å². The largest absolute Gasteiger partial charge is 0.451 e. The van der Waals surface area contributed by atoms with E-state index >= 15 is 0 Å². The number of halogens is 6. The van der Waals surface area contributed by atoms with Gasteiger partial charge in [0.25, 0.3) is 0 Å². The first-order valence-corrected chi connectivity index (χ1v) is 9.13. The summed E-state index contributed by atoms with van der Waals surface area (Å²) in [5.74, 6) is -5.95. The fourth-order valence-electron chi connectivity index (χ4n) is 3.37. The summed E-state index contributed by atoms with van der Waals surface area (Å²) in [5, 5.41) is 9.06. The van der Waals surface area contributed by atoms with Gasteiger partial charge in [-0.1, -0.05) is 0 Å². The highest BCUT2D eigenvalue weighted by Crippen LogP contribution is 2.29. The Morgan fingerprint density at radius 1 is 1.10 bits per heavy atom. The molecule has 0 radical (unpaired) electrons. The van der Waals surface area contributed by atoms with Gasteiger partial charge in [0.05, 0.1) is 6.54 Å². The Bertz CT molecular complexity index is 1010. The highest BCUT2D eigenvalue weighted by atomic mass is 19.4. The van der Waals surface area contributed by atoms with Crippen LogP contribution in [0.3, 0.4) is 0 Å². The summed E-state index contributed by atoms with van der Waals surface area (Å²) in [6.45, 7) is 0.708. The van der Waals surface area contributed by atoms with Crippen LogP contribution in [0.15, 0.2) is 12.1 Å². The van der Waals surface area contributed by atoms with Crippen molar-refractivity contribution in [3.05, 3.63) is 46.8 Å². The number of carbonyl (C=O) groups is 2. The third-order valence-electron chi connectivity index (χ3n) is 4.74. The van der Waals surface area contributed by atoms with E-state index in [1.54, 1.807) is 0 Å². The van der Waals surface area contributed by atoms with Crippen LogP contribution in [0.5, 0.6) is 0 Å². The average Bonchev–Trinajstić information content (AvgIpc) is 3.09. The molecule has 1 aromatic heterocycles. The van der Waals surface area contributed by atoms with E-state index in [2.05, 4.69) is 15.5 Å². The highest BCUT2D eigenvalue weighted by Gasteiger charge is 2.40. The first-order chi connectivity index (χ1) is 14.5. The van der Waals surface area contributed by atoms with E-state index in [1.807, 2.05) is 0 Å². The molecule has 1 aliphatic rings. The molecule has 7 nitrogen and oxygen atoms in total. The van der Waals surface area contributed by atoms with Crippen LogP contribution in [0.4, 0.5) is 26.3 Å². The third-order valence-corrected chi connectivity index (χ3v) is 4.74. The Hall–Kier alpha value is -3.12. The summed E-state index contributed by atoms with van der Waals surface area (Å²) in [6, 6.07) is 0.0637. The number of fused-ring (bicyclic) bond motifs is 1. The van der Waals surface area contributed by atoms with Crippen molar-refractivity contribution >= 4 is 11.8 Å². The molecule has 1 aromatic carbocycles. The van der Waals surface area contributed by atoms with Gasteiger partial charge < -0.3 is 14.8 Å². The first-order valence-electron chi connectivity index (χ1n) is 9.13. The standard InChI is InChI=1S/C18H17F6N5O2/c1-9(30)25-11(4-10-5-13(20)14(21)7-12(10)19)6-16(31)28-2-3-29-15(8-28)26-27-17(29)18(22,23)24/h5,7,11H,2-4,6,8H2,1H3,(H,25,30)/t11-/m0/s1. The number of aromatic nitrogens is 3. The van der Waals surface area contributed by atoms with Crippen LogP contribution in [0.2, 0.25) is 0 Å². The van der Waals surface area contributed by atoms with Crippen LogP contribution < -0.4 is 5.32 Å². The number of hydrogen-bond donors (Lipinski definition) is 1. The van der Waals surface area contributed by atoms with Crippen LogP contribution in [0.25, 0.3) is 0 Å². The van der Waals surface area contributed by atoms with Crippen molar-refractivity contribution in [1.29, 1.82) is 0 Å². The van der Waals surface area contributed by atoms with E-state index < -0.39 is 47.3 Å². The molecule has 1 aliphatic heterocycles. The van der Waals surface area contributed by atoms with Crippen LogP contribution in [-0.2, 0) is 35.3 Å². The fraction of sp³-hybridized carbons (Fsp3) is 0.444. The summed E-state index contributed by atoms with van der Waals surface area (Å²) < 4.78 is 80.2. The summed E-state index contributed by atoms with van der Waals surface area (Å²) in [4.78, 5) is 25.4. The lowest BCUT2D eigenvalue weighted by Gasteiger charge is -2.29. The number of hydrogen-bond acceptors (Lipinski definition) is 4. The molecular formula is C18H17F6N5O2. The molecule has 0 aliphatic carbocycles. The lowest BCUT2D eigenvalue weighted by molar-refractivity contribution is -0.148. The number of amides is 2. The fourth-order valence-corrected chi connectivity index (χ4v) is 3.37. The normalized spacial score (nSPS) is 14.9. The molecule has 0 bridgehead atoms. The minimum Gasteiger partial charge on any atom is -0.353 e. The van der Waals surface area contributed by atoms with Crippen molar-refractivity contribution in [2.24, 2.45) is 0 Å². The Kier molecular flexibility index (Phi) is 6.23.